The van der Waals surface area contributed by atoms with Crippen LogP contribution in [0.5, 0.6) is 5.75 Å². The lowest BCUT2D eigenvalue weighted by Gasteiger charge is -2.32. The fourth-order valence-corrected chi connectivity index (χ4v) is 3.49. The van der Waals surface area contributed by atoms with Crippen LogP contribution in [-0.4, -0.2) is 50.1 Å². The third-order valence-corrected chi connectivity index (χ3v) is 4.79. The Kier molecular flexibility index (Phi) is 5.51. The molecule has 0 saturated carbocycles. The zero-order valence-corrected chi connectivity index (χ0v) is 13.7. The van der Waals surface area contributed by atoms with Gasteiger partial charge in [-0.05, 0) is 43.0 Å². The normalized spacial score (nSPS) is 20.8. The molecule has 5 heteroatoms. The highest BCUT2D eigenvalue weighted by molar-refractivity contribution is 5.78. The Balaban J connectivity index is 1.49. The van der Waals surface area contributed by atoms with Gasteiger partial charge in [-0.2, -0.15) is 0 Å². The van der Waals surface area contributed by atoms with Crippen LogP contribution in [0.4, 0.5) is 0 Å². The van der Waals surface area contributed by atoms with Gasteiger partial charge in [-0.15, -0.1) is 0 Å². The number of nitrogens with two attached hydrogens (primary N) is 1. The van der Waals surface area contributed by atoms with E-state index in [0.717, 1.165) is 57.7 Å². The molecule has 2 heterocycles. The third-order valence-electron chi connectivity index (χ3n) is 4.79. The summed E-state index contributed by atoms with van der Waals surface area (Å²) >= 11 is 0. The Bertz CT molecular complexity index is 547. The van der Waals surface area contributed by atoms with Crippen LogP contribution in [0.3, 0.4) is 0 Å². The van der Waals surface area contributed by atoms with Gasteiger partial charge in [0, 0.05) is 32.6 Å². The molecule has 1 aromatic carbocycles. The van der Waals surface area contributed by atoms with Gasteiger partial charge in [0.2, 0.25) is 5.91 Å². The van der Waals surface area contributed by atoms with Crippen molar-refractivity contribution in [1.29, 1.82) is 0 Å². The minimum Gasteiger partial charge on any atom is -0.493 e. The van der Waals surface area contributed by atoms with Crippen LogP contribution in [0.15, 0.2) is 18.2 Å². The van der Waals surface area contributed by atoms with Gasteiger partial charge >= 0.3 is 0 Å². The van der Waals surface area contributed by atoms with Crippen molar-refractivity contribution in [2.24, 2.45) is 11.7 Å². The molecule has 126 valence electrons. The molecule has 0 bridgehead atoms. The number of piperidine rings is 1. The molecule has 1 atom stereocenters. The Morgan fingerprint density at radius 2 is 2.35 bits per heavy atom. The molecule has 1 aromatic rings. The fraction of sp³-hybridized carbons (Fsp3) is 0.611. The molecule has 2 aliphatic heterocycles. The minimum atomic E-state index is 0.115. The maximum Gasteiger partial charge on any atom is 0.224 e. The Hall–Kier alpha value is -1.59. The van der Waals surface area contributed by atoms with E-state index < -0.39 is 0 Å². The van der Waals surface area contributed by atoms with Gasteiger partial charge in [-0.3, -0.25) is 4.79 Å². The van der Waals surface area contributed by atoms with Crippen molar-refractivity contribution in [2.75, 3.05) is 39.3 Å². The summed E-state index contributed by atoms with van der Waals surface area (Å²) in [5.41, 5.74) is 8.15. The van der Waals surface area contributed by atoms with Crippen molar-refractivity contribution in [2.45, 2.75) is 25.7 Å². The standard InChI is InChI=1S/C18H27N3O2/c19-7-8-20-18(22)16-2-1-9-21(13-16)10-5-14-3-4-17-15(12-14)6-11-23-17/h3-4,12,16H,1-2,5-11,13,19H2,(H,20,22). The molecule has 5 nitrogen and oxygen atoms in total. The summed E-state index contributed by atoms with van der Waals surface area (Å²) in [5.74, 6) is 1.32. The highest BCUT2D eigenvalue weighted by Gasteiger charge is 2.25. The lowest BCUT2D eigenvalue weighted by atomic mass is 9.96. The Labute approximate surface area is 138 Å². The molecule has 1 fully saturated rings. The zero-order chi connectivity index (χ0) is 16.1. The average molecular weight is 317 g/mol. The van der Waals surface area contributed by atoms with E-state index in [0.29, 0.717) is 13.1 Å². The third kappa shape index (κ3) is 4.24. The number of nitrogens with zero attached hydrogens (tertiary/aromatic N) is 1. The van der Waals surface area contributed by atoms with Crippen LogP contribution in [-0.2, 0) is 17.6 Å². The van der Waals surface area contributed by atoms with Crippen molar-refractivity contribution < 1.29 is 9.53 Å². The molecule has 0 spiro atoms. The quantitative estimate of drug-likeness (QED) is 0.820. The first kappa shape index (κ1) is 16.3. The van der Waals surface area contributed by atoms with Gasteiger partial charge in [-0.1, -0.05) is 12.1 Å². The van der Waals surface area contributed by atoms with Gasteiger partial charge in [0.15, 0.2) is 0 Å². The highest BCUT2D eigenvalue weighted by Crippen LogP contribution is 2.26. The van der Waals surface area contributed by atoms with Crippen molar-refractivity contribution >= 4 is 5.91 Å². The largest absolute Gasteiger partial charge is 0.493 e. The van der Waals surface area contributed by atoms with Crippen LogP contribution in [0.25, 0.3) is 0 Å². The predicted molar refractivity (Wildman–Crippen MR) is 90.6 cm³/mol. The molecule has 0 aliphatic carbocycles. The fourth-order valence-electron chi connectivity index (χ4n) is 3.49. The number of hydrogen-bond acceptors (Lipinski definition) is 4. The summed E-state index contributed by atoms with van der Waals surface area (Å²) in [5, 5.41) is 2.92. The van der Waals surface area contributed by atoms with Gasteiger partial charge in [0.25, 0.3) is 0 Å². The van der Waals surface area contributed by atoms with E-state index in [4.69, 9.17) is 10.5 Å². The maximum atomic E-state index is 12.1. The topological polar surface area (TPSA) is 67.6 Å². The molecule has 23 heavy (non-hydrogen) atoms. The van der Waals surface area contributed by atoms with Crippen LogP contribution in [0.2, 0.25) is 0 Å². The number of nitrogens with one attached hydrogen (secondary N) is 1. The molecule has 2 aliphatic rings. The molecule has 1 unspecified atom stereocenters. The molecule has 0 radical (unpaired) electrons. The number of amides is 1. The first-order valence-electron chi connectivity index (χ1n) is 8.71. The number of carbonyl (C=O) groups excluding carboxylic acids is 1. The first-order chi connectivity index (χ1) is 11.3. The number of hydrogen-bond donors (Lipinski definition) is 2. The minimum absolute atomic E-state index is 0.115. The Morgan fingerprint density at radius 3 is 3.22 bits per heavy atom. The summed E-state index contributed by atoms with van der Waals surface area (Å²) in [7, 11) is 0. The molecule has 1 saturated heterocycles. The second-order valence-corrected chi connectivity index (χ2v) is 6.51. The lowest BCUT2D eigenvalue weighted by Crippen LogP contribution is -2.44. The van der Waals surface area contributed by atoms with E-state index in [2.05, 4.69) is 28.4 Å². The number of ether oxygens (including phenoxy) is 1. The molecule has 0 aromatic heterocycles. The van der Waals surface area contributed by atoms with Gasteiger partial charge in [0.1, 0.15) is 5.75 Å². The maximum absolute atomic E-state index is 12.1. The number of likely N-dealkylation sites (tertiary alicyclic amines) is 1. The first-order valence-corrected chi connectivity index (χ1v) is 8.71. The molecular weight excluding hydrogens is 290 g/mol. The van der Waals surface area contributed by atoms with E-state index in [9.17, 15) is 4.79 Å². The van der Waals surface area contributed by atoms with Crippen LogP contribution in [0.1, 0.15) is 24.0 Å². The van der Waals surface area contributed by atoms with Gasteiger partial charge in [-0.25, -0.2) is 0 Å². The van der Waals surface area contributed by atoms with E-state index in [1.807, 2.05) is 0 Å². The molecular formula is C18H27N3O2. The van der Waals surface area contributed by atoms with Crippen molar-refractivity contribution in [3.05, 3.63) is 29.3 Å². The molecule has 3 N–H and O–H groups in total. The number of fused-ring (bicyclic) bond motifs is 1. The second kappa shape index (κ2) is 7.79. The van der Waals surface area contributed by atoms with Crippen molar-refractivity contribution in [3.8, 4) is 5.75 Å². The number of rotatable bonds is 6. The van der Waals surface area contributed by atoms with Crippen LogP contribution in [0, 0.1) is 5.92 Å². The van der Waals surface area contributed by atoms with Gasteiger partial charge in [0.05, 0.1) is 12.5 Å². The number of carbonyl (C=O) groups is 1. The Morgan fingerprint density at radius 1 is 1.43 bits per heavy atom. The van der Waals surface area contributed by atoms with E-state index in [1.54, 1.807) is 0 Å². The van der Waals surface area contributed by atoms with Crippen molar-refractivity contribution in [1.82, 2.24) is 10.2 Å². The zero-order valence-electron chi connectivity index (χ0n) is 13.7. The van der Waals surface area contributed by atoms with E-state index in [1.165, 1.54) is 11.1 Å². The summed E-state index contributed by atoms with van der Waals surface area (Å²) < 4.78 is 5.56. The summed E-state index contributed by atoms with van der Waals surface area (Å²) in [6.07, 6.45) is 4.14. The summed E-state index contributed by atoms with van der Waals surface area (Å²) in [6, 6.07) is 6.54. The summed E-state index contributed by atoms with van der Waals surface area (Å²) in [6.45, 7) is 4.86. The van der Waals surface area contributed by atoms with E-state index >= 15 is 0 Å². The SMILES string of the molecule is NCCNC(=O)C1CCCN(CCc2ccc3c(c2)CCO3)C1. The smallest absolute Gasteiger partial charge is 0.224 e. The van der Waals surface area contributed by atoms with Gasteiger partial charge < -0.3 is 20.7 Å². The van der Waals surface area contributed by atoms with Crippen molar-refractivity contribution in [3.63, 3.8) is 0 Å². The average Bonchev–Trinajstić information content (AvgIpc) is 3.06. The molecule has 1 amide bonds. The van der Waals surface area contributed by atoms with E-state index in [-0.39, 0.29) is 11.8 Å². The second-order valence-electron chi connectivity index (χ2n) is 6.51. The monoisotopic (exact) mass is 317 g/mol. The van der Waals surface area contributed by atoms with Crippen LogP contribution >= 0.6 is 0 Å². The lowest BCUT2D eigenvalue weighted by molar-refractivity contribution is -0.126. The number of benzene rings is 1. The molecule has 3 rings (SSSR count). The highest BCUT2D eigenvalue weighted by atomic mass is 16.5. The summed E-state index contributed by atoms with van der Waals surface area (Å²) in [4.78, 5) is 14.5. The van der Waals surface area contributed by atoms with Crippen LogP contribution < -0.4 is 15.8 Å². The predicted octanol–water partition coefficient (Wildman–Crippen LogP) is 0.951.